The van der Waals surface area contributed by atoms with E-state index in [1.165, 1.54) is 24.5 Å². The first-order valence-electron chi connectivity index (χ1n) is 7.47. The van der Waals surface area contributed by atoms with Gasteiger partial charge in [0, 0.05) is 5.56 Å². The molecular weight excluding hydrogens is 325 g/mol. The van der Waals surface area contributed by atoms with Crippen LogP contribution in [0.25, 0.3) is 11.5 Å². The molecule has 0 saturated carbocycles. The number of nitrogens with one attached hydrogen (secondary N) is 2. The van der Waals surface area contributed by atoms with E-state index in [1.807, 2.05) is 30.3 Å². The van der Waals surface area contributed by atoms with Gasteiger partial charge in [0.1, 0.15) is 12.1 Å². The second-order valence-corrected chi connectivity index (χ2v) is 5.17. The molecule has 0 saturated heterocycles. The van der Waals surface area contributed by atoms with Crippen LogP contribution in [0.15, 0.2) is 65.3 Å². The molecule has 3 aromatic rings. The van der Waals surface area contributed by atoms with Crippen LogP contribution in [-0.2, 0) is 11.2 Å². The van der Waals surface area contributed by atoms with Crippen molar-refractivity contribution in [1.29, 1.82) is 0 Å². The number of oxazole rings is 1. The molecule has 0 radical (unpaired) electrons. The molecule has 0 bridgehead atoms. The maximum absolute atomic E-state index is 13.5. The number of amides is 2. The number of carbonyl (C=O) groups is 2. The molecule has 25 heavy (non-hydrogen) atoms. The molecule has 7 heteroatoms. The lowest BCUT2D eigenvalue weighted by molar-refractivity contribution is -0.121. The first-order chi connectivity index (χ1) is 12.1. The van der Waals surface area contributed by atoms with E-state index in [-0.39, 0.29) is 12.0 Å². The maximum atomic E-state index is 13.5. The van der Waals surface area contributed by atoms with E-state index >= 15 is 0 Å². The van der Waals surface area contributed by atoms with Gasteiger partial charge in [-0.05, 0) is 24.3 Å². The number of aromatic nitrogens is 1. The number of benzene rings is 2. The summed E-state index contributed by atoms with van der Waals surface area (Å²) in [6.07, 6.45) is 1.29. The molecule has 0 fully saturated rings. The lowest BCUT2D eigenvalue weighted by atomic mass is 10.2. The van der Waals surface area contributed by atoms with Crippen LogP contribution in [0.2, 0.25) is 0 Å². The molecule has 0 aliphatic carbocycles. The van der Waals surface area contributed by atoms with Crippen molar-refractivity contribution in [2.75, 3.05) is 0 Å². The molecule has 0 spiro atoms. The Hall–Kier alpha value is -3.48. The van der Waals surface area contributed by atoms with E-state index < -0.39 is 17.6 Å². The summed E-state index contributed by atoms with van der Waals surface area (Å²) in [4.78, 5) is 27.9. The van der Waals surface area contributed by atoms with Crippen molar-refractivity contribution in [3.05, 3.63) is 77.9 Å². The molecule has 126 valence electrons. The molecule has 0 aliphatic heterocycles. The van der Waals surface area contributed by atoms with Crippen LogP contribution >= 0.6 is 0 Å². The van der Waals surface area contributed by atoms with E-state index in [4.69, 9.17) is 4.42 Å². The van der Waals surface area contributed by atoms with Gasteiger partial charge < -0.3 is 4.42 Å². The highest BCUT2D eigenvalue weighted by Gasteiger charge is 2.13. The van der Waals surface area contributed by atoms with Crippen LogP contribution < -0.4 is 10.9 Å². The Bertz CT molecular complexity index is 893. The molecule has 3 rings (SSSR count). The van der Waals surface area contributed by atoms with Crippen LogP contribution in [-0.4, -0.2) is 16.8 Å². The monoisotopic (exact) mass is 339 g/mol. The smallest absolute Gasteiger partial charge is 0.272 e. The average Bonchev–Trinajstić information content (AvgIpc) is 3.09. The van der Waals surface area contributed by atoms with Gasteiger partial charge in [-0.1, -0.05) is 30.3 Å². The van der Waals surface area contributed by atoms with Gasteiger partial charge in [0.05, 0.1) is 17.7 Å². The molecule has 6 nitrogen and oxygen atoms in total. The predicted octanol–water partition coefficient (Wildman–Crippen LogP) is 2.48. The minimum atomic E-state index is -0.739. The Morgan fingerprint density at radius 2 is 1.72 bits per heavy atom. The van der Waals surface area contributed by atoms with Crippen molar-refractivity contribution >= 4 is 11.8 Å². The molecule has 2 aromatic carbocycles. The zero-order valence-electron chi connectivity index (χ0n) is 13.0. The maximum Gasteiger partial charge on any atom is 0.272 e. The van der Waals surface area contributed by atoms with Crippen molar-refractivity contribution in [3.63, 3.8) is 0 Å². The molecule has 1 heterocycles. The van der Waals surface area contributed by atoms with Gasteiger partial charge >= 0.3 is 0 Å². The normalized spacial score (nSPS) is 10.3. The molecule has 0 atom stereocenters. The zero-order valence-corrected chi connectivity index (χ0v) is 13.0. The first-order valence-corrected chi connectivity index (χ1v) is 7.47. The molecule has 0 aliphatic rings. The summed E-state index contributed by atoms with van der Waals surface area (Å²) in [6, 6.07) is 14.7. The fourth-order valence-corrected chi connectivity index (χ4v) is 2.15. The van der Waals surface area contributed by atoms with E-state index in [2.05, 4.69) is 15.8 Å². The Balaban J connectivity index is 1.56. The van der Waals surface area contributed by atoms with Crippen LogP contribution in [0.5, 0.6) is 0 Å². The number of nitrogens with zero attached hydrogens (tertiary/aromatic N) is 1. The predicted molar refractivity (Wildman–Crippen MR) is 87.7 cm³/mol. The van der Waals surface area contributed by atoms with Crippen molar-refractivity contribution in [3.8, 4) is 11.5 Å². The zero-order chi connectivity index (χ0) is 17.6. The van der Waals surface area contributed by atoms with Gasteiger partial charge in [-0.2, -0.15) is 0 Å². The van der Waals surface area contributed by atoms with Crippen LogP contribution in [0.3, 0.4) is 0 Å². The summed E-state index contributed by atoms with van der Waals surface area (Å²) in [5.74, 6) is -1.51. The number of carbonyl (C=O) groups excluding carboxylic acids is 2. The minimum Gasteiger partial charge on any atom is -0.444 e. The second kappa shape index (κ2) is 7.39. The number of rotatable bonds is 4. The number of hydrogen-bond acceptors (Lipinski definition) is 4. The van der Waals surface area contributed by atoms with Crippen molar-refractivity contribution in [2.45, 2.75) is 6.42 Å². The lowest BCUT2D eigenvalue weighted by Gasteiger charge is -2.07. The summed E-state index contributed by atoms with van der Waals surface area (Å²) in [6.45, 7) is 0. The fraction of sp³-hybridized carbons (Fsp3) is 0.0556. The summed E-state index contributed by atoms with van der Waals surface area (Å²) >= 11 is 0. The van der Waals surface area contributed by atoms with Gasteiger partial charge in [-0.15, -0.1) is 0 Å². The Morgan fingerprint density at radius 3 is 2.48 bits per heavy atom. The van der Waals surface area contributed by atoms with Gasteiger partial charge in [0.2, 0.25) is 11.8 Å². The van der Waals surface area contributed by atoms with Gasteiger partial charge in [0.25, 0.3) is 5.91 Å². The highest BCUT2D eigenvalue weighted by Crippen LogP contribution is 2.17. The summed E-state index contributed by atoms with van der Waals surface area (Å²) in [5.41, 5.74) is 5.43. The highest BCUT2D eigenvalue weighted by molar-refractivity contribution is 5.95. The first kappa shape index (κ1) is 16.4. The van der Waals surface area contributed by atoms with E-state index in [9.17, 15) is 14.0 Å². The third-order valence-electron chi connectivity index (χ3n) is 3.35. The van der Waals surface area contributed by atoms with E-state index in [1.54, 1.807) is 0 Å². The Morgan fingerprint density at radius 1 is 1.00 bits per heavy atom. The largest absolute Gasteiger partial charge is 0.444 e. The fourth-order valence-electron chi connectivity index (χ4n) is 2.15. The Labute approximate surface area is 142 Å². The number of hydrazine groups is 1. The standard InChI is InChI=1S/C18H14FN3O3/c19-15-9-5-4-8-14(15)17(24)22-21-16(23)10-13-11-25-18(20-13)12-6-2-1-3-7-12/h1-9,11H,10H2,(H,21,23)(H,22,24). The topological polar surface area (TPSA) is 84.2 Å². The third kappa shape index (κ3) is 4.08. The SMILES string of the molecule is O=C(Cc1coc(-c2ccccc2)n1)NNC(=O)c1ccccc1F. The van der Waals surface area contributed by atoms with E-state index in [0.717, 1.165) is 11.6 Å². The molecule has 2 N–H and O–H groups in total. The highest BCUT2D eigenvalue weighted by atomic mass is 19.1. The summed E-state index contributed by atoms with van der Waals surface area (Å²) in [7, 11) is 0. The summed E-state index contributed by atoms with van der Waals surface area (Å²) in [5, 5.41) is 0. The average molecular weight is 339 g/mol. The molecule has 2 amide bonds. The van der Waals surface area contributed by atoms with Crippen molar-refractivity contribution in [2.24, 2.45) is 0 Å². The summed E-state index contributed by atoms with van der Waals surface area (Å²) < 4.78 is 18.8. The van der Waals surface area contributed by atoms with Gasteiger partial charge in [-0.3, -0.25) is 20.4 Å². The molecule has 1 aromatic heterocycles. The Kier molecular flexibility index (Phi) is 4.84. The molecular formula is C18H14FN3O3. The van der Waals surface area contributed by atoms with Crippen LogP contribution in [0, 0.1) is 5.82 Å². The van der Waals surface area contributed by atoms with Gasteiger partial charge in [-0.25, -0.2) is 9.37 Å². The quantitative estimate of drug-likeness (QED) is 0.715. The number of halogens is 1. The minimum absolute atomic E-state index is 0.0894. The third-order valence-corrected chi connectivity index (χ3v) is 3.35. The lowest BCUT2D eigenvalue weighted by Crippen LogP contribution is -2.42. The van der Waals surface area contributed by atoms with Gasteiger partial charge in [0.15, 0.2) is 0 Å². The molecule has 0 unspecified atom stereocenters. The second-order valence-electron chi connectivity index (χ2n) is 5.17. The van der Waals surface area contributed by atoms with E-state index in [0.29, 0.717) is 11.6 Å². The number of hydrogen-bond donors (Lipinski definition) is 2. The van der Waals surface area contributed by atoms with Crippen LogP contribution in [0.1, 0.15) is 16.1 Å². The van der Waals surface area contributed by atoms with Crippen LogP contribution in [0.4, 0.5) is 4.39 Å². The van der Waals surface area contributed by atoms with Crippen molar-refractivity contribution < 1.29 is 18.4 Å². The van der Waals surface area contributed by atoms with Crippen molar-refractivity contribution in [1.82, 2.24) is 15.8 Å².